The highest BCUT2D eigenvalue weighted by molar-refractivity contribution is 6.01. The van der Waals surface area contributed by atoms with E-state index in [4.69, 9.17) is 18.9 Å². The molecule has 0 saturated heterocycles. The Labute approximate surface area is 176 Å². The van der Waals surface area contributed by atoms with Crippen LogP contribution < -0.4 is 24.8 Å². The van der Waals surface area contributed by atoms with E-state index >= 15 is 0 Å². The molecule has 0 unspecified atom stereocenters. The van der Waals surface area contributed by atoms with Crippen LogP contribution >= 0.6 is 0 Å². The van der Waals surface area contributed by atoms with Crippen LogP contribution in [0.3, 0.4) is 0 Å². The van der Waals surface area contributed by atoms with Crippen LogP contribution in [-0.4, -0.2) is 46.9 Å². The van der Waals surface area contributed by atoms with E-state index in [1.54, 1.807) is 0 Å². The predicted octanol–water partition coefficient (Wildman–Crippen LogP) is 3.57. The Morgan fingerprint density at radius 2 is 1.61 bits per heavy atom. The maximum Gasteiger partial charge on any atom is 0.418 e. The van der Waals surface area contributed by atoms with Gasteiger partial charge in [-0.2, -0.15) is 13.2 Å². The van der Waals surface area contributed by atoms with E-state index in [1.807, 2.05) is 0 Å². The van der Waals surface area contributed by atoms with Gasteiger partial charge < -0.3 is 29.6 Å². The first-order chi connectivity index (χ1) is 14.7. The quantitative estimate of drug-likeness (QED) is 0.604. The fourth-order valence-electron chi connectivity index (χ4n) is 2.81. The molecule has 0 atom stereocenters. The summed E-state index contributed by atoms with van der Waals surface area (Å²) >= 11 is 0. The molecule has 2 N–H and O–H groups in total. The molecule has 31 heavy (non-hydrogen) atoms. The maximum atomic E-state index is 13.1. The van der Waals surface area contributed by atoms with Crippen molar-refractivity contribution < 1.29 is 41.7 Å². The Kier molecular flexibility index (Phi) is 7.56. The molecule has 0 aromatic heterocycles. The summed E-state index contributed by atoms with van der Waals surface area (Å²) in [5.74, 6) is -1.18. The summed E-state index contributed by atoms with van der Waals surface area (Å²) in [5, 5.41) is 4.90. The van der Waals surface area contributed by atoms with Gasteiger partial charge in [-0.3, -0.25) is 4.79 Å². The maximum absolute atomic E-state index is 13.1. The molecule has 2 rings (SSSR count). The average molecular weight is 442 g/mol. The van der Waals surface area contributed by atoms with Crippen LogP contribution in [0.1, 0.15) is 15.9 Å². The van der Waals surface area contributed by atoms with Crippen molar-refractivity contribution in [2.24, 2.45) is 0 Å². The largest absolute Gasteiger partial charge is 0.493 e. The monoisotopic (exact) mass is 442 g/mol. The third-order valence-electron chi connectivity index (χ3n) is 4.17. The standard InChI is InChI=1S/C20H21F3N2O6/c1-28-14-9-11(19(27)31-4)16(18(30-3)17(14)29-2)24-10-15(26)25-13-8-6-5-7-12(13)20(21,22)23/h5-9,24H,10H2,1-4H3,(H,25,26). The van der Waals surface area contributed by atoms with Crippen LogP contribution in [0.5, 0.6) is 17.2 Å². The van der Waals surface area contributed by atoms with E-state index in [2.05, 4.69) is 10.6 Å². The van der Waals surface area contributed by atoms with Gasteiger partial charge in [-0.05, 0) is 12.1 Å². The molecule has 0 fully saturated rings. The van der Waals surface area contributed by atoms with Crippen LogP contribution in [0.25, 0.3) is 0 Å². The highest BCUT2D eigenvalue weighted by Crippen LogP contribution is 2.45. The van der Waals surface area contributed by atoms with Crippen LogP contribution in [0.4, 0.5) is 24.5 Å². The minimum atomic E-state index is -4.64. The van der Waals surface area contributed by atoms with Crippen molar-refractivity contribution in [3.63, 3.8) is 0 Å². The van der Waals surface area contributed by atoms with E-state index in [-0.39, 0.29) is 28.5 Å². The number of carbonyl (C=O) groups is 2. The first-order valence-electron chi connectivity index (χ1n) is 8.79. The number of benzene rings is 2. The molecule has 1 amide bonds. The second kappa shape index (κ2) is 9.92. The number of anilines is 2. The fourth-order valence-corrected chi connectivity index (χ4v) is 2.81. The number of hydrogen-bond donors (Lipinski definition) is 2. The van der Waals surface area contributed by atoms with Gasteiger partial charge in [0.05, 0.1) is 57.5 Å². The topological polar surface area (TPSA) is 95.1 Å². The zero-order valence-corrected chi connectivity index (χ0v) is 17.2. The summed E-state index contributed by atoms with van der Waals surface area (Å²) in [4.78, 5) is 24.6. The zero-order chi connectivity index (χ0) is 23.2. The summed E-state index contributed by atoms with van der Waals surface area (Å²) in [6.07, 6.45) is -4.64. The minimum Gasteiger partial charge on any atom is -0.493 e. The molecule has 0 aliphatic heterocycles. The lowest BCUT2D eigenvalue weighted by Gasteiger charge is -2.20. The molecule has 0 bridgehead atoms. The van der Waals surface area contributed by atoms with Crippen LogP contribution in [0.2, 0.25) is 0 Å². The molecule has 0 spiro atoms. The Hall–Kier alpha value is -3.63. The summed E-state index contributed by atoms with van der Waals surface area (Å²) in [6.45, 7) is -0.484. The van der Waals surface area contributed by atoms with Gasteiger partial charge in [0.2, 0.25) is 11.7 Å². The van der Waals surface area contributed by atoms with Crippen LogP contribution in [0.15, 0.2) is 30.3 Å². The number of nitrogens with one attached hydrogen (secondary N) is 2. The molecule has 168 valence electrons. The van der Waals surface area contributed by atoms with Gasteiger partial charge in [-0.15, -0.1) is 0 Å². The highest BCUT2D eigenvalue weighted by atomic mass is 19.4. The SMILES string of the molecule is COC(=O)c1cc(OC)c(OC)c(OC)c1NCC(=O)Nc1ccccc1C(F)(F)F. The van der Waals surface area contributed by atoms with E-state index in [1.165, 1.54) is 39.5 Å². The minimum absolute atomic E-state index is 0.0273. The van der Waals surface area contributed by atoms with Gasteiger partial charge in [0.1, 0.15) is 0 Å². The third kappa shape index (κ3) is 5.30. The van der Waals surface area contributed by atoms with Crippen molar-refractivity contribution in [1.29, 1.82) is 0 Å². The highest BCUT2D eigenvalue weighted by Gasteiger charge is 2.33. The van der Waals surface area contributed by atoms with Crippen molar-refractivity contribution >= 4 is 23.3 Å². The smallest absolute Gasteiger partial charge is 0.418 e. The number of hydrogen-bond acceptors (Lipinski definition) is 7. The van der Waals surface area contributed by atoms with Crippen molar-refractivity contribution in [1.82, 2.24) is 0 Å². The Morgan fingerprint density at radius 3 is 2.16 bits per heavy atom. The normalized spacial score (nSPS) is 10.8. The fraction of sp³-hybridized carbons (Fsp3) is 0.300. The van der Waals surface area contributed by atoms with Crippen molar-refractivity contribution in [3.8, 4) is 17.2 Å². The summed E-state index contributed by atoms with van der Waals surface area (Å²) < 4.78 is 59.9. The number of esters is 1. The number of carbonyl (C=O) groups excluding carboxylic acids is 2. The average Bonchev–Trinajstić information content (AvgIpc) is 2.75. The first-order valence-corrected chi connectivity index (χ1v) is 8.79. The van der Waals surface area contributed by atoms with Gasteiger partial charge in [0.25, 0.3) is 0 Å². The number of methoxy groups -OCH3 is 4. The number of amides is 1. The molecule has 0 heterocycles. The van der Waals surface area contributed by atoms with Crippen LogP contribution in [0, 0.1) is 0 Å². The number of rotatable bonds is 8. The molecular formula is C20H21F3N2O6. The number of ether oxygens (including phenoxy) is 4. The predicted molar refractivity (Wildman–Crippen MR) is 106 cm³/mol. The van der Waals surface area contributed by atoms with Crippen molar-refractivity contribution in [3.05, 3.63) is 41.5 Å². The molecule has 11 heteroatoms. The number of halogens is 3. The lowest BCUT2D eigenvalue weighted by Crippen LogP contribution is -2.24. The van der Waals surface area contributed by atoms with Crippen LogP contribution in [-0.2, 0) is 15.7 Å². The molecule has 2 aromatic rings. The van der Waals surface area contributed by atoms with Gasteiger partial charge in [0.15, 0.2) is 11.5 Å². The van der Waals surface area contributed by atoms with E-state index in [0.717, 1.165) is 19.2 Å². The van der Waals surface area contributed by atoms with E-state index < -0.39 is 35.8 Å². The number of alkyl halides is 3. The lowest BCUT2D eigenvalue weighted by molar-refractivity contribution is -0.137. The molecular weight excluding hydrogens is 421 g/mol. The summed E-state index contributed by atoms with van der Waals surface area (Å²) in [7, 11) is 5.18. The first kappa shape index (κ1) is 23.6. The number of para-hydroxylation sites is 1. The second-order valence-electron chi connectivity index (χ2n) is 6.00. The molecule has 0 saturated carbocycles. The molecule has 0 aliphatic rings. The zero-order valence-electron chi connectivity index (χ0n) is 17.2. The van der Waals surface area contributed by atoms with E-state index in [0.29, 0.717) is 0 Å². The van der Waals surface area contributed by atoms with Gasteiger partial charge in [-0.1, -0.05) is 12.1 Å². The lowest BCUT2D eigenvalue weighted by atomic mass is 10.1. The molecule has 8 nitrogen and oxygen atoms in total. The molecule has 2 aromatic carbocycles. The third-order valence-corrected chi connectivity index (χ3v) is 4.17. The summed E-state index contributed by atoms with van der Waals surface area (Å²) in [5.41, 5.74) is -1.36. The van der Waals surface area contributed by atoms with Crippen molar-refractivity contribution in [2.75, 3.05) is 45.6 Å². The van der Waals surface area contributed by atoms with Gasteiger partial charge >= 0.3 is 12.1 Å². The Morgan fingerprint density at radius 1 is 0.968 bits per heavy atom. The molecule has 0 aliphatic carbocycles. The Bertz CT molecular complexity index is 963. The second-order valence-corrected chi connectivity index (χ2v) is 6.00. The Balaban J connectivity index is 2.34. The van der Waals surface area contributed by atoms with Gasteiger partial charge in [0, 0.05) is 6.07 Å². The van der Waals surface area contributed by atoms with Gasteiger partial charge in [-0.25, -0.2) is 4.79 Å². The van der Waals surface area contributed by atoms with Crippen molar-refractivity contribution in [2.45, 2.75) is 6.18 Å². The summed E-state index contributed by atoms with van der Waals surface area (Å²) in [6, 6.07) is 5.90. The molecule has 0 radical (unpaired) electrons. The van der Waals surface area contributed by atoms with E-state index in [9.17, 15) is 22.8 Å².